The van der Waals surface area contributed by atoms with Crippen LogP contribution in [0.5, 0.6) is 5.75 Å². The number of nitrogens with zero attached hydrogens (tertiary/aromatic N) is 3. The van der Waals surface area contributed by atoms with Crippen LogP contribution in [0, 0.1) is 6.92 Å². The Morgan fingerprint density at radius 2 is 2.07 bits per heavy atom. The molecule has 1 aliphatic rings. The molecule has 0 radical (unpaired) electrons. The summed E-state index contributed by atoms with van der Waals surface area (Å²) in [6, 6.07) is 4.62. The number of hydrogen-bond acceptors (Lipinski definition) is 9. The fraction of sp³-hybridized carbons (Fsp3) is 0.368. The number of fused-ring (bicyclic) bond motifs is 1. The third-order valence-corrected chi connectivity index (χ3v) is 4.91. The van der Waals surface area contributed by atoms with E-state index in [2.05, 4.69) is 15.5 Å². The monoisotopic (exact) mass is 432 g/mol. The van der Waals surface area contributed by atoms with Gasteiger partial charge in [-0.3, -0.25) is 29.4 Å². The number of ketones is 1. The molecule has 0 saturated heterocycles. The number of nitrogens with one attached hydrogen (secondary N) is 1. The maximum Gasteiger partial charge on any atom is 0.306 e. The van der Waals surface area contributed by atoms with Crippen molar-refractivity contribution in [3.8, 4) is 5.75 Å². The molecule has 10 nitrogen and oxygen atoms in total. The van der Waals surface area contributed by atoms with E-state index in [0.717, 1.165) is 0 Å². The van der Waals surface area contributed by atoms with Crippen molar-refractivity contribution in [2.45, 2.75) is 26.7 Å². The third-order valence-electron chi connectivity index (χ3n) is 4.16. The first-order chi connectivity index (χ1) is 14.4. The second-order valence-electron chi connectivity index (χ2n) is 6.35. The van der Waals surface area contributed by atoms with Gasteiger partial charge in [0, 0.05) is 12.0 Å². The van der Waals surface area contributed by atoms with Crippen LogP contribution in [-0.4, -0.2) is 53.5 Å². The lowest BCUT2D eigenvalue weighted by molar-refractivity contribution is -0.143. The molecule has 0 bridgehead atoms. The Morgan fingerprint density at radius 3 is 2.77 bits per heavy atom. The number of amides is 2. The van der Waals surface area contributed by atoms with Gasteiger partial charge in [-0.2, -0.15) is 0 Å². The Hall–Kier alpha value is -3.34. The number of ether oxygens (including phenoxy) is 2. The number of aromatic nitrogens is 2. The average Bonchev–Trinajstić information content (AvgIpc) is 3.12. The highest BCUT2D eigenvalue weighted by molar-refractivity contribution is 7.15. The molecule has 3 rings (SSSR count). The minimum absolute atomic E-state index is 0.0245. The lowest BCUT2D eigenvalue weighted by atomic mass is 10.0. The summed E-state index contributed by atoms with van der Waals surface area (Å²) in [5.41, 5.74) is 0.623. The molecule has 0 atom stereocenters. The smallest absolute Gasteiger partial charge is 0.306 e. The predicted octanol–water partition coefficient (Wildman–Crippen LogP) is 1.74. The van der Waals surface area contributed by atoms with E-state index in [-0.39, 0.29) is 38.4 Å². The molecule has 1 aromatic heterocycles. The Labute approximate surface area is 176 Å². The number of anilines is 2. The number of hydrogen-bond donors (Lipinski definition) is 1. The minimum Gasteiger partial charge on any atom is -0.482 e. The van der Waals surface area contributed by atoms with E-state index in [1.54, 1.807) is 26.0 Å². The standard InChI is InChI=1S/C19H20N4O6S/c1-3-28-18(27)7-5-14(24)12-4-6-15-13(8-12)23(17(26)10-29-15)9-16(25)20-19-22-21-11(2)30-19/h4,6,8H,3,5,7,9-10H2,1-2H3,(H,20,22,25). The largest absolute Gasteiger partial charge is 0.482 e. The second kappa shape index (κ2) is 9.44. The van der Waals surface area contributed by atoms with Gasteiger partial charge in [0.1, 0.15) is 17.3 Å². The number of benzene rings is 1. The summed E-state index contributed by atoms with van der Waals surface area (Å²) in [4.78, 5) is 49.9. The van der Waals surface area contributed by atoms with E-state index in [1.165, 1.54) is 22.3 Å². The zero-order valence-corrected chi connectivity index (χ0v) is 17.3. The van der Waals surface area contributed by atoms with Gasteiger partial charge in [-0.25, -0.2) is 0 Å². The maximum atomic E-state index is 12.4. The molecule has 2 amide bonds. The van der Waals surface area contributed by atoms with E-state index in [0.29, 0.717) is 27.1 Å². The first kappa shape index (κ1) is 21.4. The molecule has 1 aliphatic heterocycles. The molecule has 0 spiro atoms. The molecule has 0 unspecified atom stereocenters. The van der Waals surface area contributed by atoms with Gasteiger partial charge in [0.05, 0.1) is 18.7 Å². The summed E-state index contributed by atoms with van der Waals surface area (Å²) in [5.74, 6) is -1.21. The molecule has 1 aromatic carbocycles. The SMILES string of the molecule is CCOC(=O)CCC(=O)c1ccc2c(c1)N(CC(=O)Nc1nnc(C)s1)C(=O)CO2. The summed E-state index contributed by atoms with van der Waals surface area (Å²) in [5, 5.41) is 11.3. The van der Waals surface area contributed by atoms with Crippen molar-refractivity contribution >= 4 is 45.7 Å². The van der Waals surface area contributed by atoms with Crippen molar-refractivity contribution in [1.29, 1.82) is 0 Å². The van der Waals surface area contributed by atoms with Gasteiger partial charge in [-0.05, 0) is 32.0 Å². The van der Waals surface area contributed by atoms with Crippen LogP contribution in [0.2, 0.25) is 0 Å². The van der Waals surface area contributed by atoms with Crippen molar-refractivity contribution in [2.24, 2.45) is 0 Å². The van der Waals surface area contributed by atoms with E-state index < -0.39 is 17.8 Å². The number of carbonyl (C=O) groups excluding carboxylic acids is 4. The fourth-order valence-corrected chi connectivity index (χ4v) is 3.40. The summed E-state index contributed by atoms with van der Waals surface area (Å²) >= 11 is 1.22. The van der Waals surface area contributed by atoms with Crippen LogP contribution in [0.25, 0.3) is 0 Å². The maximum absolute atomic E-state index is 12.4. The first-order valence-electron chi connectivity index (χ1n) is 9.23. The van der Waals surface area contributed by atoms with Gasteiger partial charge in [-0.15, -0.1) is 10.2 Å². The molecule has 30 heavy (non-hydrogen) atoms. The van der Waals surface area contributed by atoms with Crippen LogP contribution in [0.4, 0.5) is 10.8 Å². The zero-order chi connectivity index (χ0) is 21.7. The number of rotatable bonds is 8. The van der Waals surface area contributed by atoms with Crippen LogP contribution in [0.1, 0.15) is 35.1 Å². The van der Waals surface area contributed by atoms with Crippen molar-refractivity contribution in [2.75, 3.05) is 30.0 Å². The van der Waals surface area contributed by atoms with Crippen molar-refractivity contribution in [3.63, 3.8) is 0 Å². The summed E-state index contributed by atoms with van der Waals surface area (Å²) in [7, 11) is 0. The highest BCUT2D eigenvalue weighted by Crippen LogP contribution is 2.33. The molecule has 0 fully saturated rings. The van der Waals surface area contributed by atoms with Crippen molar-refractivity contribution < 1.29 is 28.7 Å². The van der Waals surface area contributed by atoms with E-state index in [4.69, 9.17) is 9.47 Å². The summed E-state index contributed by atoms with van der Waals surface area (Å²) in [6.07, 6.45) is -0.0596. The van der Waals surface area contributed by atoms with Crippen LogP contribution < -0.4 is 15.0 Å². The second-order valence-corrected chi connectivity index (χ2v) is 7.54. The first-order valence-corrected chi connectivity index (χ1v) is 10.0. The van der Waals surface area contributed by atoms with Crippen LogP contribution in [0.15, 0.2) is 18.2 Å². The van der Waals surface area contributed by atoms with Crippen molar-refractivity contribution in [3.05, 3.63) is 28.8 Å². The van der Waals surface area contributed by atoms with Crippen molar-refractivity contribution in [1.82, 2.24) is 10.2 Å². The van der Waals surface area contributed by atoms with Gasteiger partial charge < -0.3 is 9.47 Å². The average molecular weight is 432 g/mol. The number of aryl methyl sites for hydroxylation is 1. The van der Waals surface area contributed by atoms with Gasteiger partial charge in [0.2, 0.25) is 11.0 Å². The zero-order valence-electron chi connectivity index (χ0n) is 16.5. The highest BCUT2D eigenvalue weighted by atomic mass is 32.1. The van der Waals surface area contributed by atoms with E-state index >= 15 is 0 Å². The van der Waals surface area contributed by atoms with Gasteiger partial charge in [0.25, 0.3) is 5.91 Å². The van der Waals surface area contributed by atoms with Crippen LogP contribution >= 0.6 is 11.3 Å². The molecule has 0 aliphatic carbocycles. The van der Waals surface area contributed by atoms with Crippen LogP contribution in [-0.2, 0) is 19.1 Å². The van der Waals surface area contributed by atoms with Crippen LogP contribution in [0.3, 0.4) is 0 Å². The van der Waals surface area contributed by atoms with Gasteiger partial charge in [-0.1, -0.05) is 11.3 Å². The third kappa shape index (κ3) is 5.17. The summed E-state index contributed by atoms with van der Waals surface area (Å²) in [6.45, 7) is 3.22. The molecule has 2 aromatic rings. The Balaban J connectivity index is 1.73. The van der Waals surface area contributed by atoms with E-state index in [9.17, 15) is 19.2 Å². The highest BCUT2D eigenvalue weighted by Gasteiger charge is 2.28. The summed E-state index contributed by atoms with van der Waals surface area (Å²) < 4.78 is 10.2. The lowest BCUT2D eigenvalue weighted by Gasteiger charge is -2.29. The fourth-order valence-electron chi connectivity index (χ4n) is 2.79. The topological polar surface area (TPSA) is 128 Å². The molecule has 1 N–H and O–H groups in total. The minimum atomic E-state index is -0.452. The predicted molar refractivity (Wildman–Crippen MR) is 108 cm³/mol. The molecule has 158 valence electrons. The Morgan fingerprint density at radius 1 is 1.27 bits per heavy atom. The number of carbonyl (C=O) groups is 4. The normalized spacial score (nSPS) is 12.7. The molecule has 0 saturated carbocycles. The van der Waals surface area contributed by atoms with Gasteiger partial charge in [0.15, 0.2) is 12.4 Å². The van der Waals surface area contributed by atoms with Gasteiger partial charge >= 0.3 is 5.97 Å². The molecule has 2 heterocycles. The number of Topliss-reactive ketones (excluding diaryl/α,β-unsaturated/α-hetero) is 1. The molecular formula is C19H20N4O6S. The van der Waals surface area contributed by atoms with E-state index in [1.807, 2.05) is 0 Å². The molecule has 11 heteroatoms. The lowest BCUT2D eigenvalue weighted by Crippen LogP contribution is -2.43. The quantitative estimate of drug-likeness (QED) is 0.493. The molecular weight excluding hydrogens is 412 g/mol. The Bertz CT molecular complexity index is 989. The number of esters is 1. The Kier molecular flexibility index (Phi) is 6.72.